The van der Waals surface area contributed by atoms with Gasteiger partial charge in [0.1, 0.15) is 11.5 Å². The number of hydrogen-bond acceptors (Lipinski definition) is 5. The minimum Gasteiger partial charge on any atom is -0.507 e. The molecule has 0 fully saturated rings. The number of benzene rings is 1. The number of carbonyl (C=O) groups is 3. The molecule has 1 aromatic carbocycles. The zero-order valence-corrected chi connectivity index (χ0v) is 11.8. The quantitative estimate of drug-likeness (QED) is 0.656. The number of fused-ring (bicyclic) bond motifs is 1. The Balaban J connectivity index is 2.50. The minimum atomic E-state index is -0.601. The topological polar surface area (TPSA) is 91.7 Å². The number of rotatable bonds is 4. The lowest BCUT2D eigenvalue weighted by Gasteiger charge is -2.15. The van der Waals surface area contributed by atoms with Crippen LogP contribution in [0.4, 0.5) is 0 Å². The van der Waals surface area contributed by atoms with E-state index in [0.717, 1.165) is 18.2 Å². The van der Waals surface area contributed by atoms with Gasteiger partial charge in [-0.05, 0) is 30.6 Å². The molecular formula is C16H16O5. The number of phenols is 2. The fraction of sp³-hybridized carbons (Fsp3) is 0.312. The van der Waals surface area contributed by atoms with Crippen LogP contribution in [0.5, 0.6) is 11.5 Å². The lowest BCUT2D eigenvalue weighted by Crippen LogP contribution is -2.14. The summed E-state index contributed by atoms with van der Waals surface area (Å²) in [5.41, 5.74) is -0.667. The molecule has 2 rings (SSSR count). The summed E-state index contributed by atoms with van der Waals surface area (Å²) >= 11 is 0. The largest absolute Gasteiger partial charge is 0.507 e. The van der Waals surface area contributed by atoms with Gasteiger partial charge in [0.25, 0.3) is 0 Å². The molecule has 0 saturated carbocycles. The summed E-state index contributed by atoms with van der Waals surface area (Å²) in [5.74, 6) is -2.21. The summed E-state index contributed by atoms with van der Waals surface area (Å²) in [6.07, 6.45) is 2.88. The van der Waals surface area contributed by atoms with Crippen molar-refractivity contribution in [3.05, 3.63) is 34.9 Å². The van der Waals surface area contributed by atoms with E-state index in [1.807, 2.05) is 13.8 Å². The van der Waals surface area contributed by atoms with E-state index < -0.39 is 23.1 Å². The van der Waals surface area contributed by atoms with Crippen LogP contribution in [0.2, 0.25) is 0 Å². The molecule has 2 N–H and O–H groups in total. The summed E-state index contributed by atoms with van der Waals surface area (Å²) in [6, 6.07) is 1.06. The van der Waals surface area contributed by atoms with Crippen molar-refractivity contribution in [2.24, 2.45) is 5.92 Å². The molecule has 1 aliphatic carbocycles. The molecule has 0 atom stereocenters. The van der Waals surface area contributed by atoms with Crippen LogP contribution in [0.3, 0.4) is 0 Å². The van der Waals surface area contributed by atoms with Crippen LogP contribution in [0.25, 0.3) is 0 Å². The molecule has 0 unspecified atom stereocenters. The molecular weight excluding hydrogens is 272 g/mol. The van der Waals surface area contributed by atoms with Gasteiger partial charge in [0.2, 0.25) is 0 Å². The highest BCUT2D eigenvalue weighted by molar-refractivity contribution is 6.25. The zero-order valence-electron chi connectivity index (χ0n) is 11.8. The number of carbonyl (C=O) groups excluding carboxylic acids is 3. The highest BCUT2D eigenvalue weighted by Crippen LogP contribution is 2.36. The second-order valence-corrected chi connectivity index (χ2v) is 5.46. The number of allylic oxidation sites excluding steroid dienone is 2. The maximum absolute atomic E-state index is 12.1. The van der Waals surface area contributed by atoms with Gasteiger partial charge in [0.05, 0.1) is 16.7 Å². The SMILES string of the molecule is CC(C)CCC(=O)c1cc(O)c2c(c1O)C(=O)C=CC2=O. The third-order valence-corrected chi connectivity index (χ3v) is 3.41. The van der Waals surface area contributed by atoms with Gasteiger partial charge in [-0.25, -0.2) is 0 Å². The van der Waals surface area contributed by atoms with E-state index in [1.165, 1.54) is 0 Å². The van der Waals surface area contributed by atoms with Crippen LogP contribution in [0, 0.1) is 5.92 Å². The van der Waals surface area contributed by atoms with Gasteiger partial charge in [0.15, 0.2) is 17.3 Å². The van der Waals surface area contributed by atoms with Crippen LogP contribution in [-0.2, 0) is 0 Å². The van der Waals surface area contributed by atoms with Crippen LogP contribution in [-0.4, -0.2) is 27.6 Å². The molecule has 5 heteroatoms. The predicted octanol–water partition coefficient (Wildman–Crippen LogP) is 2.65. The fourth-order valence-electron chi connectivity index (χ4n) is 2.23. The van der Waals surface area contributed by atoms with Gasteiger partial charge in [-0.15, -0.1) is 0 Å². The first-order valence-electron chi connectivity index (χ1n) is 6.71. The van der Waals surface area contributed by atoms with Crippen molar-refractivity contribution in [1.82, 2.24) is 0 Å². The van der Waals surface area contributed by atoms with Gasteiger partial charge >= 0.3 is 0 Å². The molecule has 0 radical (unpaired) electrons. The maximum Gasteiger partial charge on any atom is 0.190 e. The normalized spacial score (nSPS) is 13.7. The molecule has 1 aliphatic rings. The Hall–Kier alpha value is -2.43. The van der Waals surface area contributed by atoms with Crippen molar-refractivity contribution in [3.63, 3.8) is 0 Å². The molecule has 5 nitrogen and oxygen atoms in total. The lowest BCUT2D eigenvalue weighted by molar-refractivity contribution is 0.0966. The molecule has 0 heterocycles. The first kappa shape index (κ1) is 15.0. The van der Waals surface area contributed by atoms with Gasteiger partial charge in [-0.3, -0.25) is 14.4 Å². The summed E-state index contributed by atoms with van der Waals surface area (Å²) in [4.78, 5) is 35.6. The molecule has 0 aliphatic heterocycles. The van der Waals surface area contributed by atoms with Crippen molar-refractivity contribution >= 4 is 17.3 Å². The van der Waals surface area contributed by atoms with Crippen molar-refractivity contribution in [2.75, 3.05) is 0 Å². The Morgan fingerprint density at radius 2 is 1.67 bits per heavy atom. The number of phenolic OH excluding ortho intramolecular Hbond substituents is 2. The molecule has 0 amide bonds. The highest BCUT2D eigenvalue weighted by Gasteiger charge is 2.29. The Kier molecular flexibility index (Phi) is 3.93. The summed E-state index contributed by atoms with van der Waals surface area (Å²) in [7, 11) is 0. The second-order valence-electron chi connectivity index (χ2n) is 5.46. The Morgan fingerprint density at radius 3 is 2.24 bits per heavy atom. The van der Waals surface area contributed by atoms with E-state index in [2.05, 4.69) is 0 Å². The highest BCUT2D eigenvalue weighted by atomic mass is 16.3. The molecule has 0 aromatic heterocycles. The fourth-order valence-corrected chi connectivity index (χ4v) is 2.23. The van der Waals surface area contributed by atoms with Crippen LogP contribution in [0.15, 0.2) is 18.2 Å². The van der Waals surface area contributed by atoms with Crippen molar-refractivity contribution in [1.29, 1.82) is 0 Å². The Bertz CT molecular complexity index is 668. The molecule has 0 spiro atoms. The van der Waals surface area contributed by atoms with Gasteiger partial charge in [-0.1, -0.05) is 13.8 Å². The van der Waals surface area contributed by atoms with E-state index in [4.69, 9.17) is 0 Å². The van der Waals surface area contributed by atoms with Crippen LogP contribution >= 0.6 is 0 Å². The van der Waals surface area contributed by atoms with E-state index in [-0.39, 0.29) is 28.9 Å². The summed E-state index contributed by atoms with van der Waals surface area (Å²) in [6.45, 7) is 3.93. The van der Waals surface area contributed by atoms with E-state index in [9.17, 15) is 24.6 Å². The van der Waals surface area contributed by atoms with E-state index >= 15 is 0 Å². The Morgan fingerprint density at radius 1 is 1.10 bits per heavy atom. The number of hydrogen-bond donors (Lipinski definition) is 2. The monoisotopic (exact) mass is 288 g/mol. The zero-order chi connectivity index (χ0) is 15.7. The van der Waals surface area contributed by atoms with E-state index in [1.54, 1.807) is 0 Å². The molecule has 21 heavy (non-hydrogen) atoms. The van der Waals surface area contributed by atoms with Gasteiger partial charge in [-0.2, -0.15) is 0 Å². The number of aromatic hydroxyl groups is 2. The van der Waals surface area contributed by atoms with Gasteiger partial charge < -0.3 is 10.2 Å². The van der Waals surface area contributed by atoms with E-state index in [0.29, 0.717) is 12.3 Å². The Labute approximate surface area is 121 Å². The van der Waals surface area contributed by atoms with Crippen molar-refractivity contribution in [3.8, 4) is 11.5 Å². The van der Waals surface area contributed by atoms with Gasteiger partial charge in [0, 0.05) is 6.42 Å². The summed E-state index contributed by atoms with van der Waals surface area (Å²) < 4.78 is 0. The second kappa shape index (κ2) is 5.52. The third kappa shape index (κ3) is 2.72. The van der Waals surface area contributed by atoms with Crippen molar-refractivity contribution < 1.29 is 24.6 Å². The third-order valence-electron chi connectivity index (χ3n) is 3.41. The number of ketones is 3. The number of Topliss-reactive ketones (excluding diaryl/α,β-unsaturated/α-hetero) is 1. The van der Waals surface area contributed by atoms with Crippen LogP contribution < -0.4 is 0 Å². The average Bonchev–Trinajstić information content (AvgIpc) is 2.42. The molecule has 0 saturated heterocycles. The van der Waals surface area contributed by atoms with Crippen LogP contribution in [0.1, 0.15) is 57.8 Å². The standard InChI is InChI=1S/C16H16O5/c1-8(2)3-4-10(17)9-7-13(20)14-11(18)5-6-12(19)15(14)16(9)21/h5-8,20-21H,3-4H2,1-2H3. The first-order chi connectivity index (χ1) is 9.82. The van der Waals surface area contributed by atoms with Crippen molar-refractivity contribution in [2.45, 2.75) is 26.7 Å². The predicted molar refractivity (Wildman–Crippen MR) is 76.0 cm³/mol. The lowest BCUT2D eigenvalue weighted by atomic mass is 9.89. The molecule has 110 valence electrons. The summed E-state index contributed by atoms with van der Waals surface area (Å²) in [5, 5.41) is 20.0. The smallest absolute Gasteiger partial charge is 0.190 e. The molecule has 0 bridgehead atoms. The molecule has 1 aromatic rings. The first-order valence-corrected chi connectivity index (χ1v) is 6.71. The maximum atomic E-state index is 12.1. The average molecular weight is 288 g/mol. The minimum absolute atomic E-state index is 0.122.